The Morgan fingerprint density at radius 1 is 1.58 bits per heavy atom. The molecule has 1 unspecified atom stereocenters. The molecular formula is C12H17N3O3S. The zero-order valence-corrected chi connectivity index (χ0v) is 11.3. The molecule has 1 saturated heterocycles. The average molecular weight is 283 g/mol. The van der Waals surface area contributed by atoms with Gasteiger partial charge in [0.05, 0.1) is 16.7 Å². The molecule has 1 aromatic carbocycles. The largest absolute Gasteiger partial charge is 0.377 e. The molecule has 3 N–H and O–H groups in total. The molecule has 7 heteroatoms. The van der Waals surface area contributed by atoms with Crippen LogP contribution in [0.1, 0.15) is 18.4 Å². The van der Waals surface area contributed by atoms with Gasteiger partial charge in [-0.05, 0) is 24.5 Å². The van der Waals surface area contributed by atoms with Gasteiger partial charge in [0.25, 0.3) is 5.69 Å². The van der Waals surface area contributed by atoms with Crippen molar-refractivity contribution in [3.05, 3.63) is 33.9 Å². The van der Waals surface area contributed by atoms with E-state index in [1.165, 1.54) is 6.07 Å². The first kappa shape index (κ1) is 14.1. The molecule has 19 heavy (non-hydrogen) atoms. The Labute approximate surface area is 115 Å². The van der Waals surface area contributed by atoms with Gasteiger partial charge in [-0.1, -0.05) is 0 Å². The molecule has 0 bridgehead atoms. The number of nitrogens with zero attached hydrogens (tertiary/aromatic N) is 1. The van der Waals surface area contributed by atoms with Crippen molar-refractivity contribution in [2.45, 2.75) is 24.7 Å². The Morgan fingerprint density at radius 2 is 2.42 bits per heavy atom. The summed E-state index contributed by atoms with van der Waals surface area (Å²) in [5.41, 5.74) is 4.24. The number of non-ortho nitro benzene ring substituents is 1. The first-order chi connectivity index (χ1) is 9.20. The summed E-state index contributed by atoms with van der Waals surface area (Å²) in [6, 6.07) is 4.65. The summed E-state index contributed by atoms with van der Waals surface area (Å²) in [6.45, 7) is 0.845. The molecule has 1 aliphatic rings. The number of nitrogens with two attached hydrogens (primary N) is 1. The van der Waals surface area contributed by atoms with E-state index in [2.05, 4.69) is 5.43 Å². The number of nitro benzene ring substituents is 1. The normalized spacial score (nSPS) is 18.5. The molecule has 1 aromatic rings. The van der Waals surface area contributed by atoms with Gasteiger partial charge in [-0.3, -0.25) is 16.0 Å². The second-order valence-corrected chi connectivity index (χ2v) is 5.42. The van der Waals surface area contributed by atoms with E-state index in [1.54, 1.807) is 23.9 Å². The predicted molar refractivity (Wildman–Crippen MR) is 76.0 cm³/mol. The lowest BCUT2D eigenvalue weighted by Gasteiger charge is -2.11. The molecule has 1 atom stereocenters. The lowest BCUT2D eigenvalue weighted by molar-refractivity contribution is -0.384. The van der Waals surface area contributed by atoms with Crippen molar-refractivity contribution >= 4 is 23.1 Å². The van der Waals surface area contributed by atoms with Crippen LogP contribution < -0.4 is 11.3 Å². The monoisotopic (exact) mass is 283 g/mol. The summed E-state index contributed by atoms with van der Waals surface area (Å²) >= 11 is 1.71. The van der Waals surface area contributed by atoms with E-state index in [0.29, 0.717) is 11.9 Å². The molecule has 1 heterocycles. The van der Waals surface area contributed by atoms with Crippen LogP contribution in [0, 0.1) is 10.1 Å². The number of nitrogen functional groups attached to an aromatic ring is 1. The van der Waals surface area contributed by atoms with Crippen LogP contribution in [0.5, 0.6) is 0 Å². The number of benzene rings is 1. The fraction of sp³-hybridized carbons (Fsp3) is 0.500. The standard InChI is InChI=1S/C12H17N3O3S/c13-14-12-4-3-10(15(16)17)6-9(12)7-19-8-11-2-1-5-18-11/h3-4,6,11,14H,1-2,5,7-8,13H2. The minimum Gasteiger partial charge on any atom is -0.377 e. The molecule has 0 amide bonds. The Balaban J connectivity index is 1.96. The highest BCUT2D eigenvalue weighted by molar-refractivity contribution is 7.98. The summed E-state index contributed by atoms with van der Waals surface area (Å²) < 4.78 is 5.54. The van der Waals surface area contributed by atoms with E-state index in [4.69, 9.17) is 10.6 Å². The fourth-order valence-electron chi connectivity index (χ4n) is 2.03. The summed E-state index contributed by atoms with van der Waals surface area (Å²) in [5, 5.41) is 10.8. The van der Waals surface area contributed by atoms with Crippen LogP contribution in [0.3, 0.4) is 0 Å². The van der Waals surface area contributed by atoms with Crippen LogP contribution in [-0.4, -0.2) is 23.4 Å². The maximum Gasteiger partial charge on any atom is 0.269 e. The third kappa shape index (κ3) is 3.82. The van der Waals surface area contributed by atoms with Crippen LogP contribution in [0.2, 0.25) is 0 Å². The third-order valence-electron chi connectivity index (χ3n) is 3.04. The smallest absolute Gasteiger partial charge is 0.269 e. The molecule has 2 rings (SSSR count). The third-order valence-corrected chi connectivity index (χ3v) is 4.16. The van der Waals surface area contributed by atoms with Gasteiger partial charge >= 0.3 is 0 Å². The number of hydrogen-bond acceptors (Lipinski definition) is 6. The molecule has 1 fully saturated rings. The van der Waals surface area contributed by atoms with Gasteiger partial charge in [0.15, 0.2) is 0 Å². The number of nitro groups is 1. The van der Waals surface area contributed by atoms with E-state index in [-0.39, 0.29) is 5.69 Å². The van der Waals surface area contributed by atoms with Crippen LogP contribution in [0.25, 0.3) is 0 Å². The van der Waals surface area contributed by atoms with Crippen LogP contribution >= 0.6 is 11.8 Å². The number of rotatable bonds is 6. The van der Waals surface area contributed by atoms with Crippen molar-refractivity contribution in [1.82, 2.24) is 0 Å². The van der Waals surface area contributed by atoms with Crippen molar-refractivity contribution < 1.29 is 9.66 Å². The number of hydrazine groups is 1. The highest BCUT2D eigenvalue weighted by Gasteiger charge is 2.16. The summed E-state index contributed by atoms with van der Waals surface area (Å²) in [7, 11) is 0. The molecule has 0 aromatic heterocycles. The zero-order valence-electron chi connectivity index (χ0n) is 10.5. The SMILES string of the molecule is NNc1ccc([N+](=O)[O-])cc1CSCC1CCCO1. The molecule has 0 aliphatic carbocycles. The van der Waals surface area contributed by atoms with Crippen molar-refractivity contribution in [2.24, 2.45) is 5.84 Å². The van der Waals surface area contributed by atoms with E-state index in [0.717, 1.165) is 36.5 Å². The van der Waals surface area contributed by atoms with Crippen LogP contribution in [0.4, 0.5) is 11.4 Å². The Hall–Kier alpha value is -1.31. The number of thioether (sulfide) groups is 1. The minimum atomic E-state index is -0.394. The molecular weight excluding hydrogens is 266 g/mol. The van der Waals surface area contributed by atoms with Crippen LogP contribution in [-0.2, 0) is 10.5 Å². The number of ether oxygens (including phenoxy) is 1. The van der Waals surface area contributed by atoms with Gasteiger partial charge in [0.2, 0.25) is 0 Å². The highest BCUT2D eigenvalue weighted by Crippen LogP contribution is 2.27. The molecule has 0 saturated carbocycles. The Morgan fingerprint density at radius 3 is 3.05 bits per heavy atom. The highest BCUT2D eigenvalue weighted by atomic mass is 32.2. The van der Waals surface area contributed by atoms with Crippen molar-refractivity contribution in [3.63, 3.8) is 0 Å². The number of anilines is 1. The van der Waals surface area contributed by atoms with E-state index >= 15 is 0 Å². The van der Waals surface area contributed by atoms with E-state index in [9.17, 15) is 10.1 Å². The first-order valence-corrected chi connectivity index (χ1v) is 7.29. The number of nitrogens with one attached hydrogen (secondary N) is 1. The summed E-state index contributed by atoms with van der Waals surface area (Å²) in [4.78, 5) is 10.4. The predicted octanol–water partition coefficient (Wildman–Crippen LogP) is 2.29. The van der Waals surface area contributed by atoms with Gasteiger partial charge in [-0.2, -0.15) is 11.8 Å². The molecule has 1 aliphatic heterocycles. The second-order valence-electron chi connectivity index (χ2n) is 4.39. The Bertz CT molecular complexity index is 450. The average Bonchev–Trinajstić information content (AvgIpc) is 2.91. The molecule has 104 valence electrons. The summed E-state index contributed by atoms with van der Waals surface area (Å²) in [6.07, 6.45) is 2.54. The van der Waals surface area contributed by atoms with Gasteiger partial charge in [-0.15, -0.1) is 0 Å². The molecule has 0 spiro atoms. The second kappa shape index (κ2) is 6.74. The van der Waals surface area contributed by atoms with Crippen molar-refractivity contribution in [2.75, 3.05) is 17.8 Å². The van der Waals surface area contributed by atoms with Gasteiger partial charge in [0.1, 0.15) is 0 Å². The van der Waals surface area contributed by atoms with Gasteiger partial charge in [0, 0.05) is 30.2 Å². The van der Waals surface area contributed by atoms with E-state index in [1.807, 2.05) is 0 Å². The minimum absolute atomic E-state index is 0.0896. The Kier molecular flexibility index (Phi) is 5.00. The molecule has 0 radical (unpaired) electrons. The quantitative estimate of drug-likeness (QED) is 0.473. The summed E-state index contributed by atoms with van der Waals surface area (Å²) in [5.74, 6) is 7.01. The first-order valence-electron chi connectivity index (χ1n) is 6.14. The van der Waals surface area contributed by atoms with Crippen molar-refractivity contribution in [1.29, 1.82) is 0 Å². The molecule has 6 nitrogen and oxygen atoms in total. The maximum atomic E-state index is 10.8. The fourth-order valence-corrected chi connectivity index (χ4v) is 3.13. The zero-order chi connectivity index (χ0) is 13.7. The van der Waals surface area contributed by atoms with Gasteiger partial charge < -0.3 is 10.2 Å². The van der Waals surface area contributed by atoms with Crippen molar-refractivity contribution in [3.8, 4) is 0 Å². The van der Waals surface area contributed by atoms with Crippen LogP contribution in [0.15, 0.2) is 18.2 Å². The van der Waals surface area contributed by atoms with Gasteiger partial charge in [-0.25, -0.2) is 0 Å². The maximum absolute atomic E-state index is 10.8. The lowest BCUT2D eigenvalue weighted by atomic mass is 10.2. The number of hydrogen-bond donors (Lipinski definition) is 2. The van der Waals surface area contributed by atoms with E-state index < -0.39 is 4.92 Å². The lowest BCUT2D eigenvalue weighted by Crippen LogP contribution is -2.10. The topological polar surface area (TPSA) is 90.4 Å².